The number of Topliss-reactive ketones (excluding diaryl/α,β-unsaturated/α-hetero) is 1. The molecule has 2 aromatic rings. The molecular formula is C18H18O5. The summed E-state index contributed by atoms with van der Waals surface area (Å²) in [5.41, 5.74) is 1.67. The summed E-state index contributed by atoms with van der Waals surface area (Å²) in [6.45, 7) is 1.68. The van der Waals surface area contributed by atoms with Gasteiger partial charge in [-0.2, -0.15) is 0 Å². The van der Waals surface area contributed by atoms with Gasteiger partial charge in [-0.1, -0.05) is 18.2 Å². The molecule has 0 aliphatic heterocycles. The fourth-order valence-electron chi connectivity index (χ4n) is 2.17. The Morgan fingerprint density at radius 2 is 1.74 bits per heavy atom. The van der Waals surface area contributed by atoms with Gasteiger partial charge in [0, 0.05) is 11.6 Å². The summed E-state index contributed by atoms with van der Waals surface area (Å²) in [6, 6.07) is 12.1. The molecule has 0 spiro atoms. The van der Waals surface area contributed by atoms with Gasteiger partial charge < -0.3 is 14.2 Å². The van der Waals surface area contributed by atoms with Crippen LogP contribution in [0.4, 0.5) is 0 Å². The van der Waals surface area contributed by atoms with E-state index in [9.17, 15) is 9.59 Å². The second-order valence-corrected chi connectivity index (χ2v) is 4.86. The number of carbonyl (C=O) groups excluding carboxylic acids is 2. The van der Waals surface area contributed by atoms with Crippen LogP contribution in [0.5, 0.6) is 11.5 Å². The first kappa shape index (κ1) is 16.5. The van der Waals surface area contributed by atoms with Gasteiger partial charge in [-0.3, -0.25) is 4.79 Å². The maximum absolute atomic E-state index is 11.7. The minimum Gasteiger partial charge on any atom is -0.496 e. The van der Waals surface area contributed by atoms with E-state index in [1.54, 1.807) is 36.4 Å². The zero-order valence-corrected chi connectivity index (χ0v) is 13.3. The number of ketones is 1. The van der Waals surface area contributed by atoms with Gasteiger partial charge in [0.2, 0.25) is 0 Å². The molecule has 0 atom stereocenters. The molecule has 0 saturated heterocycles. The summed E-state index contributed by atoms with van der Waals surface area (Å²) in [5.74, 6) is 0.515. The predicted molar refractivity (Wildman–Crippen MR) is 85.1 cm³/mol. The number of benzene rings is 2. The third kappa shape index (κ3) is 3.88. The Morgan fingerprint density at radius 3 is 2.39 bits per heavy atom. The lowest BCUT2D eigenvalue weighted by Crippen LogP contribution is -2.08. The van der Waals surface area contributed by atoms with Gasteiger partial charge in [0.25, 0.3) is 0 Å². The summed E-state index contributed by atoms with van der Waals surface area (Å²) in [4.78, 5) is 23.2. The van der Waals surface area contributed by atoms with E-state index in [2.05, 4.69) is 0 Å². The molecule has 5 heteroatoms. The summed E-state index contributed by atoms with van der Waals surface area (Å²) in [5, 5.41) is 0. The monoisotopic (exact) mass is 314 g/mol. The number of methoxy groups -OCH3 is 2. The smallest absolute Gasteiger partial charge is 0.338 e. The predicted octanol–water partition coefficient (Wildman–Crippen LogP) is 3.26. The fraction of sp³-hybridized carbons (Fsp3) is 0.222. The van der Waals surface area contributed by atoms with Gasteiger partial charge in [-0.25, -0.2) is 4.79 Å². The molecule has 0 N–H and O–H groups in total. The molecule has 0 bridgehead atoms. The van der Waals surface area contributed by atoms with E-state index in [1.165, 1.54) is 21.1 Å². The van der Waals surface area contributed by atoms with Crippen molar-refractivity contribution in [3.63, 3.8) is 0 Å². The van der Waals surface area contributed by atoms with Gasteiger partial charge >= 0.3 is 5.97 Å². The van der Waals surface area contributed by atoms with Crippen molar-refractivity contribution >= 4 is 11.8 Å². The minimum absolute atomic E-state index is 0.0792. The van der Waals surface area contributed by atoms with Gasteiger partial charge in [0.15, 0.2) is 5.78 Å². The molecule has 2 aromatic carbocycles. The standard InChI is InChI=1S/C18H18O5/c1-12(19)15-9-8-14(10-17(15)21-2)23-11-13-6-4-5-7-16(13)18(20)22-3/h4-10H,11H2,1-3H3. The molecule has 23 heavy (non-hydrogen) atoms. The van der Waals surface area contributed by atoms with Crippen LogP contribution in [0.2, 0.25) is 0 Å². The van der Waals surface area contributed by atoms with Crippen molar-refractivity contribution in [2.45, 2.75) is 13.5 Å². The van der Waals surface area contributed by atoms with E-state index in [0.717, 1.165) is 0 Å². The molecule has 5 nitrogen and oxygen atoms in total. The summed E-state index contributed by atoms with van der Waals surface area (Å²) < 4.78 is 15.7. The van der Waals surface area contributed by atoms with Crippen molar-refractivity contribution in [3.05, 3.63) is 59.2 Å². The molecule has 0 aliphatic carbocycles. The molecular weight excluding hydrogens is 296 g/mol. The Balaban J connectivity index is 2.19. The lowest BCUT2D eigenvalue weighted by Gasteiger charge is -2.12. The summed E-state index contributed by atoms with van der Waals surface area (Å²) >= 11 is 0. The van der Waals surface area contributed by atoms with Crippen LogP contribution < -0.4 is 9.47 Å². The van der Waals surface area contributed by atoms with Gasteiger partial charge in [-0.05, 0) is 25.1 Å². The third-order valence-corrected chi connectivity index (χ3v) is 3.37. The van der Waals surface area contributed by atoms with E-state index in [0.29, 0.717) is 28.2 Å². The quantitative estimate of drug-likeness (QED) is 0.605. The number of hydrogen-bond donors (Lipinski definition) is 0. The number of hydrogen-bond acceptors (Lipinski definition) is 5. The van der Waals surface area contributed by atoms with Crippen LogP contribution in [-0.2, 0) is 11.3 Å². The average Bonchev–Trinajstić information content (AvgIpc) is 2.59. The van der Waals surface area contributed by atoms with Gasteiger partial charge in [0.05, 0.1) is 25.3 Å². The molecule has 0 fully saturated rings. The van der Waals surface area contributed by atoms with E-state index in [4.69, 9.17) is 14.2 Å². The second-order valence-electron chi connectivity index (χ2n) is 4.86. The molecule has 0 heterocycles. The van der Waals surface area contributed by atoms with Crippen molar-refractivity contribution in [1.29, 1.82) is 0 Å². The van der Waals surface area contributed by atoms with Crippen LogP contribution in [0, 0.1) is 0 Å². The average molecular weight is 314 g/mol. The molecule has 0 radical (unpaired) electrons. The molecule has 0 aromatic heterocycles. The van der Waals surface area contributed by atoms with Crippen molar-refractivity contribution in [3.8, 4) is 11.5 Å². The van der Waals surface area contributed by atoms with E-state index >= 15 is 0 Å². The lowest BCUT2D eigenvalue weighted by molar-refractivity contribution is 0.0597. The normalized spacial score (nSPS) is 10.0. The van der Waals surface area contributed by atoms with E-state index < -0.39 is 5.97 Å². The highest BCUT2D eigenvalue weighted by molar-refractivity contribution is 5.97. The van der Waals surface area contributed by atoms with Crippen LogP contribution in [0.1, 0.15) is 33.2 Å². The molecule has 0 amide bonds. The van der Waals surface area contributed by atoms with Crippen LogP contribution >= 0.6 is 0 Å². The zero-order valence-electron chi connectivity index (χ0n) is 13.3. The van der Waals surface area contributed by atoms with E-state index in [-0.39, 0.29) is 12.4 Å². The molecule has 0 unspecified atom stereocenters. The highest BCUT2D eigenvalue weighted by Gasteiger charge is 2.13. The van der Waals surface area contributed by atoms with Crippen molar-refractivity contribution in [2.75, 3.05) is 14.2 Å². The third-order valence-electron chi connectivity index (χ3n) is 3.37. The van der Waals surface area contributed by atoms with Crippen LogP contribution in [0.3, 0.4) is 0 Å². The first-order chi connectivity index (χ1) is 11.1. The minimum atomic E-state index is -0.409. The maximum atomic E-state index is 11.7. The number of rotatable bonds is 6. The van der Waals surface area contributed by atoms with Crippen LogP contribution in [0.25, 0.3) is 0 Å². The lowest BCUT2D eigenvalue weighted by atomic mass is 10.1. The summed E-state index contributed by atoms with van der Waals surface area (Å²) in [7, 11) is 2.84. The Labute approximate surface area is 134 Å². The second kappa shape index (κ2) is 7.45. The summed E-state index contributed by atoms with van der Waals surface area (Å²) in [6.07, 6.45) is 0. The highest BCUT2D eigenvalue weighted by Crippen LogP contribution is 2.26. The van der Waals surface area contributed by atoms with Crippen molar-refractivity contribution in [1.82, 2.24) is 0 Å². The largest absolute Gasteiger partial charge is 0.496 e. The fourth-order valence-corrected chi connectivity index (χ4v) is 2.17. The first-order valence-electron chi connectivity index (χ1n) is 7.04. The van der Waals surface area contributed by atoms with Gasteiger partial charge in [0.1, 0.15) is 18.1 Å². The molecule has 0 saturated carbocycles. The zero-order chi connectivity index (χ0) is 16.8. The SMILES string of the molecule is COC(=O)c1ccccc1COc1ccc(C(C)=O)c(OC)c1. The number of esters is 1. The van der Waals surface area contributed by atoms with Crippen molar-refractivity contribution in [2.24, 2.45) is 0 Å². The Morgan fingerprint density at radius 1 is 1.00 bits per heavy atom. The van der Waals surface area contributed by atoms with Crippen LogP contribution in [0.15, 0.2) is 42.5 Å². The molecule has 120 valence electrons. The van der Waals surface area contributed by atoms with E-state index in [1.807, 2.05) is 6.07 Å². The Bertz CT molecular complexity index is 721. The van der Waals surface area contributed by atoms with Crippen LogP contribution in [-0.4, -0.2) is 26.0 Å². The Hall–Kier alpha value is -2.82. The Kier molecular flexibility index (Phi) is 5.36. The maximum Gasteiger partial charge on any atom is 0.338 e. The topological polar surface area (TPSA) is 61.8 Å². The highest BCUT2D eigenvalue weighted by atomic mass is 16.5. The number of carbonyl (C=O) groups is 2. The molecule has 2 rings (SSSR count). The number of ether oxygens (including phenoxy) is 3. The molecule has 0 aliphatic rings. The first-order valence-corrected chi connectivity index (χ1v) is 7.04. The van der Waals surface area contributed by atoms with Gasteiger partial charge in [-0.15, -0.1) is 0 Å². The van der Waals surface area contributed by atoms with Crippen molar-refractivity contribution < 1.29 is 23.8 Å².